The Bertz CT molecular complexity index is 1010. The number of nitrogens with one attached hydrogen (secondary N) is 1. The Balaban J connectivity index is 2.06. The fourth-order valence-corrected chi connectivity index (χ4v) is 3.91. The van der Waals surface area contributed by atoms with E-state index in [0.29, 0.717) is 0 Å². The van der Waals surface area contributed by atoms with Crippen LogP contribution in [0.3, 0.4) is 0 Å². The maximum absolute atomic E-state index is 12.4. The smallest absolute Gasteiger partial charge is 0.406 e. The molecule has 0 bridgehead atoms. The number of hydrogen-bond donors (Lipinski definition) is 3. The van der Waals surface area contributed by atoms with Crippen molar-refractivity contribution in [2.24, 2.45) is 0 Å². The van der Waals surface area contributed by atoms with E-state index in [2.05, 4.69) is 10.1 Å². The SMILES string of the molecule is O=CN(O)C(CO)CS(=O)(=O)c1ccc(NC(=O)c2ccc(OC(F)(F)F)cc2)cc1. The molecule has 0 saturated heterocycles. The number of rotatable bonds is 9. The molecule has 9 nitrogen and oxygen atoms in total. The highest BCUT2D eigenvalue weighted by atomic mass is 32.2. The monoisotopic (exact) mass is 462 g/mol. The number of carbonyl (C=O) groups excluding carboxylic acids is 2. The number of halogens is 3. The molecule has 0 spiro atoms. The minimum absolute atomic E-state index is 0.0309. The molecule has 168 valence electrons. The molecule has 0 radical (unpaired) electrons. The zero-order valence-electron chi connectivity index (χ0n) is 15.6. The lowest BCUT2D eigenvalue weighted by Gasteiger charge is -2.20. The van der Waals surface area contributed by atoms with Crippen LogP contribution in [0.15, 0.2) is 53.4 Å². The summed E-state index contributed by atoms with van der Waals surface area (Å²) < 4.78 is 64.9. The minimum Gasteiger partial charge on any atom is -0.406 e. The normalized spacial score (nSPS) is 12.7. The third-order valence-corrected chi connectivity index (χ3v) is 5.74. The predicted molar refractivity (Wildman–Crippen MR) is 100 cm³/mol. The maximum atomic E-state index is 12.4. The van der Waals surface area contributed by atoms with Crippen molar-refractivity contribution in [1.82, 2.24) is 5.06 Å². The summed E-state index contributed by atoms with van der Waals surface area (Å²) in [6.45, 7) is -0.782. The van der Waals surface area contributed by atoms with E-state index in [9.17, 15) is 36.4 Å². The number of hydrogen-bond acceptors (Lipinski definition) is 7. The number of alkyl halides is 3. The van der Waals surface area contributed by atoms with Gasteiger partial charge in [0, 0.05) is 11.3 Å². The zero-order valence-corrected chi connectivity index (χ0v) is 16.4. The van der Waals surface area contributed by atoms with Gasteiger partial charge in [-0.25, -0.2) is 13.5 Å². The first-order valence-electron chi connectivity index (χ1n) is 8.48. The van der Waals surface area contributed by atoms with Crippen LogP contribution in [0.5, 0.6) is 5.75 Å². The van der Waals surface area contributed by atoms with Gasteiger partial charge in [0.15, 0.2) is 9.84 Å². The molecule has 0 aliphatic carbocycles. The van der Waals surface area contributed by atoms with Gasteiger partial charge in [0.25, 0.3) is 5.91 Å². The first-order valence-corrected chi connectivity index (χ1v) is 10.1. The lowest BCUT2D eigenvalue weighted by molar-refractivity contribution is -0.274. The van der Waals surface area contributed by atoms with E-state index in [4.69, 9.17) is 5.11 Å². The maximum Gasteiger partial charge on any atom is 0.573 e. The Morgan fingerprint density at radius 2 is 1.71 bits per heavy atom. The standard InChI is InChI=1S/C18H17F3N2O7S/c19-18(20,21)30-15-5-1-12(2-6-15)17(26)22-13-3-7-16(8-4-13)31(28,29)10-14(9-24)23(27)11-25/h1-8,11,14,24,27H,9-10H2,(H,22,26). The van der Waals surface area contributed by atoms with Gasteiger partial charge in [-0.1, -0.05) is 0 Å². The molecule has 0 aromatic heterocycles. The van der Waals surface area contributed by atoms with Crippen molar-refractivity contribution in [3.05, 3.63) is 54.1 Å². The molecule has 1 unspecified atom stereocenters. The minimum atomic E-state index is -4.86. The van der Waals surface area contributed by atoms with Crippen LogP contribution in [0.2, 0.25) is 0 Å². The second kappa shape index (κ2) is 9.76. The van der Waals surface area contributed by atoms with Crippen molar-refractivity contribution in [2.45, 2.75) is 17.3 Å². The Morgan fingerprint density at radius 1 is 1.13 bits per heavy atom. The summed E-state index contributed by atoms with van der Waals surface area (Å²) in [5, 5.41) is 20.9. The van der Waals surface area contributed by atoms with Crippen molar-refractivity contribution >= 4 is 27.8 Å². The molecule has 2 aromatic rings. The Hall–Kier alpha value is -3.16. The number of aliphatic hydroxyl groups excluding tert-OH is 1. The van der Waals surface area contributed by atoms with E-state index in [-0.39, 0.29) is 27.6 Å². The fourth-order valence-electron chi connectivity index (χ4n) is 2.41. The first-order chi connectivity index (χ1) is 14.4. The van der Waals surface area contributed by atoms with Crippen molar-refractivity contribution in [3.63, 3.8) is 0 Å². The topological polar surface area (TPSA) is 133 Å². The Kier molecular flexibility index (Phi) is 7.60. The van der Waals surface area contributed by atoms with Crippen molar-refractivity contribution in [2.75, 3.05) is 17.7 Å². The summed E-state index contributed by atoms with van der Waals surface area (Å²) >= 11 is 0. The van der Waals surface area contributed by atoms with E-state index in [1.54, 1.807) is 0 Å². The number of aliphatic hydroxyl groups is 1. The highest BCUT2D eigenvalue weighted by molar-refractivity contribution is 7.91. The molecule has 1 atom stereocenters. The van der Waals surface area contributed by atoms with E-state index in [1.807, 2.05) is 0 Å². The van der Waals surface area contributed by atoms with Crippen LogP contribution in [0.25, 0.3) is 0 Å². The van der Waals surface area contributed by atoms with Gasteiger partial charge in [-0.2, -0.15) is 0 Å². The number of anilines is 1. The average Bonchev–Trinajstić information content (AvgIpc) is 2.71. The quantitative estimate of drug-likeness (QED) is 0.294. The third-order valence-electron chi connectivity index (χ3n) is 3.93. The van der Waals surface area contributed by atoms with E-state index in [1.165, 1.54) is 24.3 Å². The number of hydroxylamine groups is 2. The van der Waals surface area contributed by atoms with Crippen LogP contribution in [-0.2, 0) is 14.6 Å². The highest BCUT2D eigenvalue weighted by Gasteiger charge is 2.31. The summed E-state index contributed by atoms with van der Waals surface area (Å²) in [5.41, 5.74) is 0.240. The van der Waals surface area contributed by atoms with Gasteiger partial charge in [-0.05, 0) is 48.5 Å². The molecule has 2 rings (SSSR count). The molecule has 0 aliphatic heterocycles. The molecule has 13 heteroatoms. The highest BCUT2D eigenvalue weighted by Crippen LogP contribution is 2.23. The van der Waals surface area contributed by atoms with Crippen LogP contribution in [0.4, 0.5) is 18.9 Å². The van der Waals surface area contributed by atoms with E-state index in [0.717, 1.165) is 24.3 Å². The van der Waals surface area contributed by atoms with Gasteiger partial charge < -0.3 is 15.2 Å². The summed E-state index contributed by atoms with van der Waals surface area (Å²) in [4.78, 5) is 22.6. The van der Waals surface area contributed by atoms with E-state index < -0.39 is 46.3 Å². The van der Waals surface area contributed by atoms with Gasteiger partial charge in [0.1, 0.15) is 5.75 Å². The third kappa shape index (κ3) is 6.94. The molecular formula is C18H17F3N2O7S. The molecule has 0 fully saturated rings. The molecule has 3 N–H and O–H groups in total. The lowest BCUT2D eigenvalue weighted by atomic mass is 10.2. The van der Waals surface area contributed by atoms with Gasteiger partial charge >= 0.3 is 6.36 Å². The Morgan fingerprint density at radius 3 is 2.19 bits per heavy atom. The van der Waals surface area contributed by atoms with Crippen LogP contribution in [-0.4, -0.2) is 60.9 Å². The van der Waals surface area contributed by atoms with Crippen molar-refractivity contribution < 1.29 is 46.2 Å². The number of carbonyl (C=O) groups is 2. The molecule has 0 saturated carbocycles. The van der Waals surface area contributed by atoms with Gasteiger partial charge in [-0.15, -0.1) is 13.2 Å². The zero-order chi connectivity index (χ0) is 23.2. The summed E-state index contributed by atoms with van der Waals surface area (Å²) in [7, 11) is -3.98. The number of ether oxygens (including phenoxy) is 1. The van der Waals surface area contributed by atoms with Crippen LogP contribution in [0.1, 0.15) is 10.4 Å². The van der Waals surface area contributed by atoms with Gasteiger partial charge in [0.2, 0.25) is 6.41 Å². The van der Waals surface area contributed by atoms with E-state index >= 15 is 0 Å². The molecule has 0 heterocycles. The number of sulfone groups is 1. The number of amides is 2. The molecule has 2 aromatic carbocycles. The predicted octanol–water partition coefficient (Wildman–Crippen LogP) is 1.82. The molecule has 31 heavy (non-hydrogen) atoms. The average molecular weight is 462 g/mol. The number of nitrogens with zero attached hydrogens (tertiary/aromatic N) is 1. The second-order valence-corrected chi connectivity index (χ2v) is 8.19. The number of benzene rings is 2. The molecule has 2 amide bonds. The summed E-state index contributed by atoms with van der Waals surface area (Å²) in [6, 6.07) is 7.72. The first kappa shape index (κ1) is 24.1. The lowest BCUT2D eigenvalue weighted by Crippen LogP contribution is -2.39. The van der Waals surface area contributed by atoms with Crippen molar-refractivity contribution in [3.8, 4) is 5.75 Å². The molecular weight excluding hydrogens is 445 g/mol. The fraction of sp³-hybridized carbons (Fsp3) is 0.222. The van der Waals surface area contributed by atoms with Crippen molar-refractivity contribution in [1.29, 1.82) is 0 Å². The van der Waals surface area contributed by atoms with Crippen LogP contribution < -0.4 is 10.1 Å². The van der Waals surface area contributed by atoms with Crippen LogP contribution >= 0.6 is 0 Å². The Labute approximate surface area is 174 Å². The summed E-state index contributed by atoms with van der Waals surface area (Å²) in [5.74, 6) is -1.89. The van der Waals surface area contributed by atoms with Gasteiger partial charge in [-0.3, -0.25) is 14.8 Å². The van der Waals surface area contributed by atoms with Gasteiger partial charge in [0.05, 0.1) is 23.3 Å². The second-order valence-electron chi connectivity index (χ2n) is 6.15. The van der Waals surface area contributed by atoms with Crippen LogP contribution in [0, 0.1) is 0 Å². The summed E-state index contributed by atoms with van der Waals surface area (Å²) in [6.07, 6.45) is -4.89. The molecule has 0 aliphatic rings. The largest absolute Gasteiger partial charge is 0.573 e.